The van der Waals surface area contributed by atoms with Gasteiger partial charge in [-0.15, -0.1) is 23.7 Å². The summed E-state index contributed by atoms with van der Waals surface area (Å²) in [5, 5.41) is 14.6. The molecule has 0 bridgehead atoms. The zero-order valence-corrected chi connectivity index (χ0v) is 18.8. The number of amides is 2. The Hall–Kier alpha value is -4.16. The lowest BCUT2D eigenvalue weighted by molar-refractivity contribution is -0.139. The van der Waals surface area contributed by atoms with E-state index in [4.69, 9.17) is 16.3 Å². The molecule has 3 N–H and O–H groups in total. The first kappa shape index (κ1) is 23.0. The summed E-state index contributed by atoms with van der Waals surface area (Å²) in [6.45, 7) is 0.262. The van der Waals surface area contributed by atoms with Gasteiger partial charge in [-0.2, -0.15) is 0 Å². The maximum Gasteiger partial charge on any atom is 0.407 e. The molecule has 4 rings (SSSR count). The number of thiazole rings is 1. The maximum atomic E-state index is 12.3. The van der Waals surface area contributed by atoms with Crippen LogP contribution < -0.4 is 10.6 Å². The number of carbonyl (C=O) groups excluding carboxylic acids is 2. The van der Waals surface area contributed by atoms with E-state index in [1.165, 1.54) is 6.20 Å². The number of ether oxygens (including phenoxy) is 1. The van der Waals surface area contributed by atoms with E-state index in [2.05, 4.69) is 33.7 Å². The number of aromatic nitrogens is 1. The lowest BCUT2D eigenvalue weighted by atomic mass is 9.98. The minimum absolute atomic E-state index is 0.0431. The van der Waals surface area contributed by atoms with E-state index in [1.807, 2.05) is 36.4 Å². The van der Waals surface area contributed by atoms with E-state index in [9.17, 15) is 14.4 Å². The molecule has 0 aliphatic heterocycles. The van der Waals surface area contributed by atoms with Gasteiger partial charge in [-0.1, -0.05) is 48.5 Å². The number of nitrogens with zero attached hydrogens (tertiary/aromatic N) is 1. The Balaban J connectivity index is 1.31. The number of carboxylic acid groups (broad SMARTS) is 1. The third-order valence-corrected chi connectivity index (χ3v) is 6.43. The second-order valence-corrected chi connectivity index (χ2v) is 8.69. The lowest BCUT2D eigenvalue weighted by Crippen LogP contribution is -2.40. The van der Waals surface area contributed by atoms with Gasteiger partial charge in [-0.25, -0.2) is 14.6 Å². The molecule has 8 nitrogen and oxygen atoms in total. The highest BCUT2D eigenvalue weighted by molar-refractivity contribution is 7.13. The molecule has 1 unspecified atom stereocenters. The number of benzene rings is 2. The van der Waals surface area contributed by atoms with Gasteiger partial charge in [-0.05, 0) is 22.3 Å². The first-order valence-electron chi connectivity index (χ1n) is 10.5. The summed E-state index contributed by atoms with van der Waals surface area (Å²) in [7, 11) is 0. The third kappa shape index (κ3) is 4.92. The van der Waals surface area contributed by atoms with Gasteiger partial charge in [-0.3, -0.25) is 4.79 Å². The third-order valence-electron chi connectivity index (χ3n) is 5.43. The molecule has 1 aromatic heterocycles. The van der Waals surface area contributed by atoms with Crippen molar-refractivity contribution in [3.8, 4) is 23.5 Å². The average molecular weight is 476 g/mol. The fourth-order valence-electron chi connectivity index (χ4n) is 3.84. The molecule has 2 amide bonds. The molecule has 9 heteroatoms. The molecular weight excluding hydrogens is 454 g/mol. The zero-order valence-electron chi connectivity index (χ0n) is 18.0. The van der Waals surface area contributed by atoms with Crippen LogP contribution in [0.15, 0.2) is 54.7 Å². The quantitative estimate of drug-likeness (QED) is 0.430. The summed E-state index contributed by atoms with van der Waals surface area (Å²) >= 11 is 1.04. The molecule has 34 heavy (non-hydrogen) atoms. The van der Waals surface area contributed by atoms with E-state index in [1.54, 1.807) is 0 Å². The van der Waals surface area contributed by atoms with E-state index < -0.39 is 24.0 Å². The number of terminal acetylenes is 1. The Morgan fingerprint density at radius 3 is 2.38 bits per heavy atom. The molecular formula is C25H21N3O5S. The summed E-state index contributed by atoms with van der Waals surface area (Å²) in [6, 6.07) is 15.0. The molecule has 0 fully saturated rings. The molecule has 1 aliphatic carbocycles. The number of carboxylic acids is 1. The monoisotopic (exact) mass is 475 g/mol. The van der Waals surface area contributed by atoms with Gasteiger partial charge >= 0.3 is 12.1 Å². The number of carbonyl (C=O) groups is 3. The molecule has 3 aromatic rings. The predicted octanol–water partition coefficient (Wildman–Crippen LogP) is 3.39. The summed E-state index contributed by atoms with van der Waals surface area (Å²) < 4.78 is 5.49. The smallest absolute Gasteiger partial charge is 0.407 e. The van der Waals surface area contributed by atoms with Crippen LogP contribution in [0.3, 0.4) is 0 Å². The lowest BCUT2D eigenvalue weighted by Gasteiger charge is -2.14. The Bertz CT molecular complexity index is 1230. The molecule has 0 saturated heterocycles. The Kier molecular flexibility index (Phi) is 6.90. The zero-order chi connectivity index (χ0) is 24.1. The summed E-state index contributed by atoms with van der Waals surface area (Å²) in [6.07, 6.45) is 5.74. The number of fused-ring (bicyclic) bond motifs is 3. The molecule has 172 valence electrons. The minimum atomic E-state index is -1.21. The number of hydrogen-bond acceptors (Lipinski definition) is 6. The van der Waals surface area contributed by atoms with E-state index in [0.717, 1.165) is 33.6 Å². The summed E-state index contributed by atoms with van der Waals surface area (Å²) in [5.41, 5.74) is 4.54. The van der Waals surface area contributed by atoms with E-state index in [-0.39, 0.29) is 30.4 Å². The summed E-state index contributed by atoms with van der Waals surface area (Å²) in [5.74, 6) is 0.370. The number of aliphatic carboxylic acids is 1. The van der Waals surface area contributed by atoms with Gasteiger partial charge in [0.25, 0.3) is 5.91 Å². The van der Waals surface area contributed by atoms with Crippen LogP contribution >= 0.6 is 11.3 Å². The number of alkyl carbamates (subject to hydrolysis) is 1. The standard InChI is InChI=1S/C25H21N3O5S/c1-2-7-20(24(30)31)28-23(29)21-12-26-22(34-21)13-27-25(32)33-14-19-17-10-5-3-8-15(17)16-9-4-6-11-18(16)19/h1,3-6,8-12,19-20H,7,13-14H2,(H,27,32)(H,28,29)(H,30,31). The van der Waals surface area contributed by atoms with Crippen molar-refractivity contribution in [2.24, 2.45) is 0 Å². The van der Waals surface area contributed by atoms with Gasteiger partial charge in [0.2, 0.25) is 0 Å². The van der Waals surface area contributed by atoms with Crippen LogP contribution in [0.5, 0.6) is 0 Å². The second kappa shape index (κ2) is 10.2. The van der Waals surface area contributed by atoms with Crippen molar-refractivity contribution < 1.29 is 24.2 Å². The Morgan fingerprint density at radius 2 is 1.76 bits per heavy atom. The largest absolute Gasteiger partial charge is 0.480 e. The van der Waals surface area contributed by atoms with Crippen molar-refractivity contribution in [1.29, 1.82) is 0 Å². The number of hydrogen-bond donors (Lipinski definition) is 3. The molecule has 1 atom stereocenters. The van der Waals surface area contributed by atoms with Crippen LogP contribution in [0.25, 0.3) is 11.1 Å². The SMILES string of the molecule is C#CCC(NC(=O)c1cnc(CNC(=O)OCC2c3ccccc3-c3ccccc32)s1)C(=O)O. The minimum Gasteiger partial charge on any atom is -0.480 e. The van der Waals surface area contributed by atoms with E-state index in [0.29, 0.717) is 5.01 Å². The summed E-state index contributed by atoms with van der Waals surface area (Å²) in [4.78, 5) is 40.0. The van der Waals surface area contributed by atoms with Crippen molar-refractivity contribution in [3.63, 3.8) is 0 Å². The molecule has 1 aliphatic rings. The van der Waals surface area contributed by atoms with Gasteiger partial charge in [0.15, 0.2) is 0 Å². The highest BCUT2D eigenvalue weighted by Gasteiger charge is 2.29. The number of rotatable bonds is 8. The Morgan fingerprint density at radius 1 is 1.12 bits per heavy atom. The fraction of sp³-hybridized carbons (Fsp3) is 0.200. The second-order valence-electron chi connectivity index (χ2n) is 7.57. The van der Waals surface area contributed by atoms with Crippen LogP contribution in [0.1, 0.15) is 38.1 Å². The fourth-order valence-corrected chi connectivity index (χ4v) is 4.60. The first-order valence-corrected chi connectivity index (χ1v) is 11.3. The predicted molar refractivity (Wildman–Crippen MR) is 126 cm³/mol. The molecule has 1 heterocycles. The highest BCUT2D eigenvalue weighted by atomic mass is 32.1. The van der Waals surface area contributed by atoms with Gasteiger partial charge in [0.1, 0.15) is 22.5 Å². The molecule has 0 saturated carbocycles. The van der Waals surface area contributed by atoms with Crippen LogP contribution in [0.4, 0.5) is 4.79 Å². The molecule has 0 radical (unpaired) electrons. The maximum absolute atomic E-state index is 12.3. The molecule has 2 aromatic carbocycles. The van der Waals surface area contributed by atoms with Crippen molar-refractivity contribution in [2.45, 2.75) is 24.9 Å². The normalized spacial score (nSPS) is 12.7. The van der Waals surface area contributed by atoms with Crippen molar-refractivity contribution in [2.75, 3.05) is 6.61 Å². The van der Waals surface area contributed by atoms with Crippen LogP contribution in [-0.2, 0) is 16.1 Å². The average Bonchev–Trinajstić information content (AvgIpc) is 3.44. The Labute approximate surface area is 200 Å². The molecule has 0 spiro atoms. The topological polar surface area (TPSA) is 118 Å². The van der Waals surface area contributed by atoms with Gasteiger partial charge in [0, 0.05) is 12.3 Å². The van der Waals surface area contributed by atoms with Crippen molar-refractivity contribution in [3.05, 3.63) is 75.7 Å². The highest BCUT2D eigenvalue weighted by Crippen LogP contribution is 2.44. The van der Waals surface area contributed by atoms with Gasteiger partial charge < -0.3 is 20.5 Å². The van der Waals surface area contributed by atoms with Crippen molar-refractivity contribution >= 4 is 29.3 Å². The number of nitrogens with one attached hydrogen (secondary N) is 2. The van der Waals surface area contributed by atoms with Crippen LogP contribution in [0.2, 0.25) is 0 Å². The van der Waals surface area contributed by atoms with E-state index >= 15 is 0 Å². The van der Waals surface area contributed by atoms with Crippen LogP contribution in [0, 0.1) is 12.3 Å². The first-order chi connectivity index (χ1) is 16.5. The van der Waals surface area contributed by atoms with Crippen molar-refractivity contribution in [1.82, 2.24) is 15.6 Å². The van der Waals surface area contributed by atoms with Gasteiger partial charge in [0.05, 0.1) is 12.7 Å². The van der Waals surface area contributed by atoms with Crippen LogP contribution in [-0.4, -0.2) is 40.7 Å².